The van der Waals surface area contributed by atoms with Crippen LogP contribution in [0.4, 0.5) is 11.5 Å². The monoisotopic (exact) mass is 418 g/mol. The van der Waals surface area contributed by atoms with E-state index in [-0.39, 0.29) is 10.6 Å². The number of benzene rings is 2. The van der Waals surface area contributed by atoms with E-state index in [9.17, 15) is 10.1 Å². The lowest BCUT2D eigenvalue weighted by molar-refractivity contribution is -0.384. The zero-order chi connectivity index (χ0) is 21.4. The summed E-state index contributed by atoms with van der Waals surface area (Å²) in [7, 11) is 1.66. The lowest BCUT2D eigenvalue weighted by Crippen LogP contribution is -2.46. The van der Waals surface area contributed by atoms with Crippen LogP contribution in [-0.4, -0.2) is 58.1 Å². The van der Waals surface area contributed by atoms with Crippen molar-refractivity contribution in [3.8, 4) is 5.75 Å². The summed E-state index contributed by atoms with van der Waals surface area (Å²) in [5, 5.41) is 11.8. The summed E-state index contributed by atoms with van der Waals surface area (Å²) in [6, 6.07) is 12.7. The number of ether oxygens (including phenoxy) is 1. The number of nitro groups is 1. The van der Waals surface area contributed by atoms with Crippen LogP contribution in [0, 0.1) is 10.1 Å². The Morgan fingerprint density at radius 1 is 1.10 bits per heavy atom. The van der Waals surface area contributed by atoms with E-state index in [1.807, 2.05) is 30.3 Å². The standard InChI is InChI=1S/C22H22N6O3/c1-31-17-6-7-19-18(12-17)20-21(25-19)22(24-14-23-20)27-10-8-26(9-11-27)13-15-2-4-16(5-3-15)28(29)30/h2-7,12,14,25H,8-11,13H2,1H3. The van der Waals surface area contributed by atoms with Crippen molar-refractivity contribution in [2.24, 2.45) is 0 Å². The molecule has 1 saturated heterocycles. The summed E-state index contributed by atoms with van der Waals surface area (Å²) >= 11 is 0. The van der Waals surface area contributed by atoms with Gasteiger partial charge in [0.2, 0.25) is 0 Å². The number of hydrogen-bond acceptors (Lipinski definition) is 7. The van der Waals surface area contributed by atoms with Gasteiger partial charge in [-0.1, -0.05) is 12.1 Å². The number of rotatable bonds is 5. The van der Waals surface area contributed by atoms with Gasteiger partial charge >= 0.3 is 0 Å². The number of nitro benzene ring substituents is 1. The highest BCUT2D eigenvalue weighted by Gasteiger charge is 2.22. The minimum Gasteiger partial charge on any atom is -0.497 e. The fourth-order valence-corrected chi connectivity index (χ4v) is 4.12. The van der Waals surface area contributed by atoms with Crippen LogP contribution in [0.25, 0.3) is 21.9 Å². The van der Waals surface area contributed by atoms with E-state index >= 15 is 0 Å². The van der Waals surface area contributed by atoms with Gasteiger partial charge in [-0.3, -0.25) is 15.0 Å². The molecule has 0 radical (unpaired) electrons. The first kappa shape index (κ1) is 19.3. The number of non-ortho nitro benzene ring substituents is 1. The van der Waals surface area contributed by atoms with Crippen LogP contribution in [0.2, 0.25) is 0 Å². The fourth-order valence-electron chi connectivity index (χ4n) is 4.12. The Morgan fingerprint density at radius 2 is 1.87 bits per heavy atom. The van der Waals surface area contributed by atoms with Gasteiger partial charge < -0.3 is 14.6 Å². The van der Waals surface area contributed by atoms with E-state index in [0.717, 1.165) is 71.8 Å². The van der Waals surface area contributed by atoms with Crippen LogP contribution in [-0.2, 0) is 6.54 Å². The molecule has 0 spiro atoms. The zero-order valence-corrected chi connectivity index (χ0v) is 17.1. The van der Waals surface area contributed by atoms with Crippen LogP contribution in [0.1, 0.15) is 5.56 Å². The molecule has 3 heterocycles. The van der Waals surface area contributed by atoms with Crippen molar-refractivity contribution < 1.29 is 9.66 Å². The first-order valence-electron chi connectivity index (χ1n) is 10.1. The molecule has 0 saturated carbocycles. The molecule has 5 rings (SSSR count). The van der Waals surface area contributed by atoms with Gasteiger partial charge in [0.05, 0.1) is 12.0 Å². The molecule has 2 aromatic heterocycles. The van der Waals surface area contributed by atoms with Gasteiger partial charge in [-0.2, -0.15) is 0 Å². The van der Waals surface area contributed by atoms with E-state index in [2.05, 4.69) is 24.8 Å². The molecule has 1 aliphatic rings. The molecule has 2 aromatic carbocycles. The highest BCUT2D eigenvalue weighted by molar-refractivity contribution is 6.08. The number of nitrogens with one attached hydrogen (secondary N) is 1. The molecule has 0 aliphatic carbocycles. The molecule has 158 valence electrons. The fraction of sp³-hybridized carbons (Fsp3) is 0.273. The van der Waals surface area contributed by atoms with Crippen LogP contribution in [0.3, 0.4) is 0 Å². The second-order valence-electron chi connectivity index (χ2n) is 7.64. The molecular weight excluding hydrogens is 396 g/mol. The van der Waals surface area contributed by atoms with E-state index < -0.39 is 0 Å². The van der Waals surface area contributed by atoms with Crippen LogP contribution in [0.15, 0.2) is 48.8 Å². The van der Waals surface area contributed by atoms with Crippen LogP contribution >= 0.6 is 0 Å². The Hall–Kier alpha value is -3.72. The number of aromatic amines is 1. The number of piperazine rings is 1. The Kier molecular flexibility index (Phi) is 4.87. The normalized spacial score (nSPS) is 14.9. The summed E-state index contributed by atoms with van der Waals surface area (Å²) in [6.45, 7) is 4.24. The van der Waals surface area contributed by atoms with E-state index in [1.54, 1.807) is 25.6 Å². The van der Waals surface area contributed by atoms with Crippen molar-refractivity contribution in [2.45, 2.75) is 6.54 Å². The van der Waals surface area contributed by atoms with Gasteiger partial charge in [0, 0.05) is 55.8 Å². The van der Waals surface area contributed by atoms with Crippen LogP contribution < -0.4 is 9.64 Å². The summed E-state index contributed by atoms with van der Waals surface area (Å²) in [4.78, 5) is 27.6. The smallest absolute Gasteiger partial charge is 0.269 e. The maximum absolute atomic E-state index is 10.8. The first-order chi connectivity index (χ1) is 15.1. The Bertz CT molecular complexity index is 1250. The van der Waals surface area contributed by atoms with Crippen molar-refractivity contribution >= 4 is 33.4 Å². The minimum absolute atomic E-state index is 0.123. The topological polar surface area (TPSA) is 100 Å². The average molecular weight is 418 g/mol. The number of fused-ring (bicyclic) bond motifs is 3. The van der Waals surface area contributed by atoms with Crippen molar-refractivity contribution in [3.05, 3.63) is 64.5 Å². The van der Waals surface area contributed by atoms with Crippen molar-refractivity contribution in [1.82, 2.24) is 19.9 Å². The summed E-state index contributed by atoms with van der Waals surface area (Å²) in [6.07, 6.45) is 1.62. The lowest BCUT2D eigenvalue weighted by atomic mass is 10.2. The van der Waals surface area contributed by atoms with Crippen molar-refractivity contribution in [1.29, 1.82) is 0 Å². The second-order valence-corrected chi connectivity index (χ2v) is 7.64. The number of aromatic nitrogens is 3. The van der Waals surface area contributed by atoms with Crippen LogP contribution in [0.5, 0.6) is 5.75 Å². The average Bonchev–Trinajstić information content (AvgIpc) is 3.18. The molecule has 0 unspecified atom stereocenters. The molecule has 31 heavy (non-hydrogen) atoms. The molecule has 0 atom stereocenters. The van der Waals surface area contributed by atoms with E-state index in [0.29, 0.717) is 0 Å². The molecule has 1 fully saturated rings. The Morgan fingerprint density at radius 3 is 2.58 bits per heavy atom. The maximum atomic E-state index is 10.8. The van der Waals surface area contributed by atoms with Gasteiger partial charge in [-0.25, -0.2) is 9.97 Å². The third kappa shape index (κ3) is 3.64. The molecule has 1 aliphatic heterocycles. The lowest BCUT2D eigenvalue weighted by Gasteiger charge is -2.35. The molecule has 9 heteroatoms. The Labute approximate surface area is 178 Å². The molecule has 0 bridgehead atoms. The third-order valence-corrected chi connectivity index (χ3v) is 5.79. The van der Waals surface area contributed by atoms with Gasteiger partial charge in [0.15, 0.2) is 5.82 Å². The van der Waals surface area contributed by atoms with Crippen molar-refractivity contribution in [2.75, 3.05) is 38.2 Å². The number of H-pyrrole nitrogens is 1. The largest absolute Gasteiger partial charge is 0.497 e. The predicted molar refractivity (Wildman–Crippen MR) is 119 cm³/mol. The van der Waals surface area contributed by atoms with Gasteiger partial charge in [0.1, 0.15) is 23.1 Å². The second kappa shape index (κ2) is 7.84. The number of nitrogens with zero attached hydrogens (tertiary/aromatic N) is 5. The molecule has 0 amide bonds. The zero-order valence-electron chi connectivity index (χ0n) is 17.1. The predicted octanol–water partition coefficient (Wildman–Crippen LogP) is 3.35. The quantitative estimate of drug-likeness (QED) is 0.392. The van der Waals surface area contributed by atoms with Gasteiger partial charge in [-0.05, 0) is 23.8 Å². The minimum atomic E-state index is -0.370. The van der Waals surface area contributed by atoms with E-state index in [1.165, 1.54) is 0 Å². The SMILES string of the molecule is COc1ccc2[nH]c3c(N4CCN(Cc5ccc([N+](=O)[O-])cc5)CC4)ncnc3c2c1. The van der Waals surface area contributed by atoms with Gasteiger partial charge in [-0.15, -0.1) is 0 Å². The van der Waals surface area contributed by atoms with Gasteiger partial charge in [0.25, 0.3) is 5.69 Å². The number of anilines is 1. The third-order valence-electron chi connectivity index (χ3n) is 5.79. The summed E-state index contributed by atoms with van der Waals surface area (Å²) in [5.74, 6) is 1.71. The molecular formula is C22H22N6O3. The number of hydrogen-bond donors (Lipinski definition) is 1. The maximum Gasteiger partial charge on any atom is 0.269 e. The molecule has 4 aromatic rings. The highest BCUT2D eigenvalue weighted by Crippen LogP contribution is 2.31. The first-order valence-corrected chi connectivity index (χ1v) is 10.1. The Balaban J connectivity index is 1.32. The van der Waals surface area contributed by atoms with E-state index in [4.69, 9.17) is 4.74 Å². The molecule has 1 N–H and O–H groups in total. The van der Waals surface area contributed by atoms with Crippen molar-refractivity contribution in [3.63, 3.8) is 0 Å². The summed E-state index contributed by atoms with van der Waals surface area (Å²) < 4.78 is 5.36. The summed E-state index contributed by atoms with van der Waals surface area (Å²) in [5.41, 5.74) is 4.04. The number of methoxy groups -OCH3 is 1. The molecule has 9 nitrogen and oxygen atoms in total. The highest BCUT2D eigenvalue weighted by atomic mass is 16.6.